The van der Waals surface area contributed by atoms with Crippen LogP contribution in [0.5, 0.6) is 0 Å². The van der Waals surface area contributed by atoms with Crippen molar-refractivity contribution in [3.8, 4) is 0 Å². The molecule has 0 aromatic heterocycles. The molecule has 1 fully saturated rings. The minimum atomic E-state index is -0.344. The first-order valence-corrected chi connectivity index (χ1v) is 5.71. The van der Waals surface area contributed by atoms with Crippen molar-refractivity contribution in [2.45, 2.75) is 33.1 Å². The zero-order valence-electron chi connectivity index (χ0n) is 10.1. The van der Waals surface area contributed by atoms with Gasteiger partial charge in [0.05, 0.1) is 5.92 Å². The van der Waals surface area contributed by atoms with Crippen molar-refractivity contribution >= 4 is 17.8 Å². The molecule has 1 aliphatic rings. The van der Waals surface area contributed by atoms with Crippen molar-refractivity contribution in [3.63, 3.8) is 0 Å². The smallest absolute Gasteiger partial charge is 0.308 e. The van der Waals surface area contributed by atoms with Crippen LogP contribution >= 0.6 is 0 Å². The summed E-state index contributed by atoms with van der Waals surface area (Å²) in [7, 11) is 0. The first-order chi connectivity index (χ1) is 8.06. The number of ether oxygens (including phenoxy) is 1. The van der Waals surface area contributed by atoms with Gasteiger partial charge in [0.15, 0.2) is 0 Å². The summed E-state index contributed by atoms with van der Waals surface area (Å²) in [6.07, 6.45) is 1.08. The SMILES string of the molecule is CCC(C)C(=O)OCCON1C(=O)CCC1=O. The highest BCUT2D eigenvalue weighted by Crippen LogP contribution is 2.11. The van der Waals surface area contributed by atoms with Crippen molar-refractivity contribution in [1.82, 2.24) is 5.06 Å². The van der Waals surface area contributed by atoms with E-state index in [-0.39, 0.29) is 49.8 Å². The maximum absolute atomic E-state index is 11.3. The van der Waals surface area contributed by atoms with Crippen LogP contribution in [0.4, 0.5) is 0 Å². The molecule has 1 saturated heterocycles. The van der Waals surface area contributed by atoms with Gasteiger partial charge in [-0.05, 0) is 6.42 Å². The van der Waals surface area contributed by atoms with Crippen LogP contribution in [0.15, 0.2) is 0 Å². The summed E-state index contributed by atoms with van der Waals surface area (Å²) in [5.74, 6) is -1.13. The van der Waals surface area contributed by atoms with Gasteiger partial charge in [0.1, 0.15) is 13.2 Å². The lowest BCUT2D eigenvalue weighted by atomic mass is 10.1. The van der Waals surface area contributed by atoms with E-state index < -0.39 is 0 Å². The van der Waals surface area contributed by atoms with Crippen LogP contribution in [0.1, 0.15) is 33.1 Å². The molecule has 0 N–H and O–H groups in total. The van der Waals surface area contributed by atoms with Gasteiger partial charge in [0.25, 0.3) is 11.8 Å². The van der Waals surface area contributed by atoms with E-state index in [9.17, 15) is 14.4 Å². The minimum absolute atomic E-state index is 0.0135. The number of nitrogens with zero attached hydrogens (tertiary/aromatic N) is 1. The van der Waals surface area contributed by atoms with E-state index in [2.05, 4.69) is 0 Å². The largest absolute Gasteiger partial charge is 0.463 e. The van der Waals surface area contributed by atoms with Crippen LogP contribution in [0.2, 0.25) is 0 Å². The Bertz CT molecular complexity index is 299. The van der Waals surface area contributed by atoms with E-state index in [4.69, 9.17) is 9.57 Å². The first kappa shape index (κ1) is 13.6. The second kappa shape index (κ2) is 6.34. The summed E-state index contributed by atoms with van der Waals surface area (Å²) in [4.78, 5) is 38.5. The summed E-state index contributed by atoms with van der Waals surface area (Å²) >= 11 is 0. The molecule has 1 unspecified atom stereocenters. The van der Waals surface area contributed by atoms with Crippen LogP contribution in [0, 0.1) is 5.92 Å². The monoisotopic (exact) mass is 243 g/mol. The summed E-state index contributed by atoms with van der Waals surface area (Å²) in [5, 5.41) is 0.747. The highest BCUT2D eigenvalue weighted by atomic mass is 16.7. The van der Waals surface area contributed by atoms with Crippen molar-refractivity contribution in [2.24, 2.45) is 5.92 Å². The first-order valence-electron chi connectivity index (χ1n) is 5.71. The Hall–Kier alpha value is -1.43. The molecular formula is C11H17NO5. The van der Waals surface area contributed by atoms with Gasteiger partial charge in [0, 0.05) is 12.8 Å². The number of carbonyl (C=O) groups excluding carboxylic acids is 3. The molecule has 0 aliphatic carbocycles. The number of rotatable bonds is 6. The van der Waals surface area contributed by atoms with Gasteiger partial charge in [0.2, 0.25) is 0 Å². The van der Waals surface area contributed by atoms with Gasteiger partial charge in [-0.2, -0.15) is 5.06 Å². The number of imide groups is 1. The second-order valence-electron chi connectivity index (χ2n) is 3.89. The van der Waals surface area contributed by atoms with Crippen LogP contribution in [-0.4, -0.2) is 36.1 Å². The number of carbonyl (C=O) groups is 3. The highest BCUT2D eigenvalue weighted by molar-refractivity contribution is 6.00. The quantitative estimate of drug-likeness (QED) is 0.389. The Morgan fingerprint density at radius 3 is 2.41 bits per heavy atom. The molecule has 0 aromatic carbocycles. The molecule has 96 valence electrons. The van der Waals surface area contributed by atoms with Crippen molar-refractivity contribution in [2.75, 3.05) is 13.2 Å². The second-order valence-corrected chi connectivity index (χ2v) is 3.89. The number of hydrogen-bond acceptors (Lipinski definition) is 5. The van der Waals surface area contributed by atoms with Crippen molar-refractivity contribution < 1.29 is 24.0 Å². The Kier molecular flexibility index (Phi) is 5.09. The molecule has 0 saturated carbocycles. The fourth-order valence-electron chi connectivity index (χ4n) is 1.28. The van der Waals surface area contributed by atoms with Crippen LogP contribution in [0.3, 0.4) is 0 Å². The number of amides is 2. The molecular weight excluding hydrogens is 226 g/mol. The van der Waals surface area contributed by atoms with Crippen molar-refractivity contribution in [3.05, 3.63) is 0 Å². The van der Waals surface area contributed by atoms with E-state index in [0.29, 0.717) is 6.42 Å². The van der Waals surface area contributed by atoms with E-state index >= 15 is 0 Å². The van der Waals surface area contributed by atoms with E-state index in [1.165, 1.54) is 0 Å². The van der Waals surface area contributed by atoms with Gasteiger partial charge in [-0.1, -0.05) is 13.8 Å². The number of hydrogen-bond donors (Lipinski definition) is 0. The fourth-order valence-corrected chi connectivity index (χ4v) is 1.28. The summed E-state index contributed by atoms with van der Waals surface area (Å²) < 4.78 is 4.91. The van der Waals surface area contributed by atoms with E-state index in [1.807, 2.05) is 6.92 Å². The standard InChI is InChI=1S/C11H17NO5/c1-3-8(2)11(15)16-6-7-17-12-9(13)4-5-10(12)14/h8H,3-7H2,1-2H3. The third kappa shape index (κ3) is 3.81. The molecule has 1 heterocycles. The molecule has 17 heavy (non-hydrogen) atoms. The average Bonchev–Trinajstić information content (AvgIpc) is 2.64. The van der Waals surface area contributed by atoms with E-state index in [1.54, 1.807) is 6.92 Å². The van der Waals surface area contributed by atoms with Gasteiger partial charge >= 0.3 is 5.97 Å². The average molecular weight is 243 g/mol. The van der Waals surface area contributed by atoms with E-state index in [0.717, 1.165) is 5.06 Å². The molecule has 0 bridgehead atoms. The predicted molar refractivity (Wildman–Crippen MR) is 57.5 cm³/mol. The number of hydroxylamine groups is 2. The molecule has 1 aliphatic heterocycles. The van der Waals surface area contributed by atoms with Gasteiger partial charge in [-0.25, -0.2) is 0 Å². The molecule has 6 nitrogen and oxygen atoms in total. The number of esters is 1. The maximum Gasteiger partial charge on any atom is 0.308 e. The summed E-state index contributed by atoms with van der Waals surface area (Å²) in [6, 6.07) is 0. The lowest BCUT2D eigenvalue weighted by Crippen LogP contribution is -2.31. The lowest BCUT2D eigenvalue weighted by molar-refractivity contribution is -0.191. The molecule has 6 heteroatoms. The third-order valence-electron chi connectivity index (χ3n) is 2.57. The molecule has 2 amide bonds. The van der Waals surface area contributed by atoms with Crippen LogP contribution < -0.4 is 0 Å². The Morgan fingerprint density at radius 2 is 1.88 bits per heavy atom. The lowest BCUT2D eigenvalue weighted by Gasteiger charge is -2.14. The van der Waals surface area contributed by atoms with Gasteiger partial charge in [-0.3, -0.25) is 19.2 Å². The molecule has 0 spiro atoms. The molecule has 0 aromatic rings. The van der Waals surface area contributed by atoms with Gasteiger partial charge in [-0.15, -0.1) is 0 Å². The zero-order chi connectivity index (χ0) is 12.8. The molecule has 1 rings (SSSR count). The minimum Gasteiger partial charge on any atom is -0.463 e. The summed E-state index contributed by atoms with van der Waals surface area (Å²) in [5.41, 5.74) is 0. The maximum atomic E-state index is 11.3. The highest BCUT2D eigenvalue weighted by Gasteiger charge is 2.30. The predicted octanol–water partition coefficient (Wildman–Crippen LogP) is 0.656. The molecule has 0 radical (unpaired) electrons. The van der Waals surface area contributed by atoms with Crippen molar-refractivity contribution in [1.29, 1.82) is 0 Å². The Balaban J connectivity index is 2.18. The molecule has 1 atom stereocenters. The fraction of sp³-hybridized carbons (Fsp3) is 0.727. The third-order valence-corrected chi connectivity index (χ3v) is 2.57. The Labute approximate surface area is 99.8 Å². The normalized spacial score (nSPS) is 17.4. The summed E-state index contributed by atoms with van der Waals surface area (Å²) in [6.45, 7) is 3.72. The zero-order valence-corrected chi connectivity index (χ0v) is 10.1. The van der Waals surface area contributed by atoms with Crippen LogP contribution in [-0.2, 0) is 24.0 Å². The topological polar surface area (TPSA) is 72.9 Å². The van der Waals surface area contributed by atoms with Gasteiger partial charge < -0.3 is 4.74 Å². The Morgan fingerprint density at radius 1 is 1.29 bits per heavy atom. The van der Waals surface area contributed by atoms with Crippen LogP contribution in [0.25, 0.3) is 0 Å².